The summed E-state index contributed by atoms with van der Waals surface area (Å²) >= 11 is 0. The van der Waals surface area contributed by atoms with Crippen molar-refractivity contribution in [3.8, 4) is 11.4 Å². The van der Waals surface area contributed by atoms with Gasteiger partial charge in [-0.2, -0.15) is 0 Å². The molecule has 0 aliphatic carbocycles. The molecule has 0 amide bonds. The van der Waals surface area contributed by atoms with Gasteiger partial charge in [0.15, 0.2) is 22.8 Å². The number of imidazole rings is 1. The zero-order valence-corrected chi connectivity index (χ0v) is 18.0. The number of fused-ring (bicyclic) bond motifs is 1. The Bertz CT molecular complexity index is 1330. The molecule has 0 spiro atoms. The molecule has 0 bridgehead atoms. The van der Waals surface area contributed by atoms with Gasteiger partial charge < -0.3 is 25.0 Å². The normalized spacial score (nSPS) is 14.0. The number of hydrogen-bond acceptors (Lipinski definition) is 9. The molecule has 3 aromatic heterocycles. The van der Waals surface area contributed by atoms with Crippen LogP contribution in [0.25, 0.3) is 22.6 Å². The van der Waals surface area contributed by atoms with Crippen LogP contribution in [0.5, 0.6) is 0 Å². The van der Waals surface area contributed by atoms with Crippen LogP contribution in [-0.4, -0.2) is 66.9 Å². The van der Waals surface area contributed by atoms with Crippen LogP contribution in [0.2, 0.25) is 0 Å². The Hall–Kier alpha value is -4.12. The van der Waals surface area contributed by atoms with Crippen LogP contribution in [-0.2, 0) is 11.3 Å². The van der Waals surface area contributed by atoms with Crippen molar-refractivity contribution in [3.63, 3.8) is 0 Å². The zero-order valence-electron chi connectivity index (χ0n) is 18.0. The molecule has 1 aliphatic heterocycles. The summed E-state index contributed by atoms with van der Waals surface area (Å²) in [6.45, 7) is 4.90. The maximum absolute atomic E-state index is 11.3. The number of carbonyl (C=O) groups is 1. The Kier molecular flexibility index (Phi) is 5.31. The molecule has 168 valence electrons. The number of benzene rings is 1. The van der Waals surface area contributed by atoms with Crippen molar-refractivity contribution < 1.29 is 14.6 Å². The van der Waals surface area contributed by atoms with E-state index in [4.69, 9.17) is 20.4 Å². The molecule has 33 heavy (non-hydrogen) atoms. The first-order valence-corrected chi connectivity index (χ1v) is 10.5. The summed E-state index contributed by atoms with van der Waals surface area (Å²) in [5.41, 5.74) is 9.58. The van der Waals surface area contributed by atoms with E-state index < -0.39 is 5.97 Å². The predicted molar refractivity (Wildman–Crippen MR) is 121 cm³/mol. The molecule has 0 radical (unpaired) electrons. The number of hydrogen-bond donors (Lipinski definition) is 2. The van der Waals surface area contributed by atoms with Gasteiger partial charge in [0, 0.05) is 25.5 Å². The van der Waals surface area contributed by atoms with E-state index in [-0.39, 0.29) is 11.5 Å². The van der Waals surface area contributed by atoms with Crippen molar-refractivity contribution in [1.29, 1.82) is 0 Å². The first-order chi connectivity index (χ1) is 16.0. The number of morpholine rings is 1. The van der Waals surface area contributed by atoms with Crippen LogP contribution in [0, 0.1) is 6.92 Å². The molecule has 11 heteroatoms. The second-order valence-corrected chi connectivity index (χ2v) is 7.80. The Labute approximate surface area is 188 Å². The first kappa shape index (κ1) is 20.8. The third-order valence-corrected chi connectivity index (χ3v) is 5.56. The summed E-state index contributed by atoms with van der Waals surface area (Å²) in [6, 6.07) is 5.30. The lowest BCUT2D eigenvalue weighted by Gasteiger charge is -2.28. The monoisotopic (exact) mass is 446 g/mol. The minimum atomic E-state index is -0.939. The maximum Gasteiger partial charge on any atom is 0.335 e. The molecule has 0 unspecified atom stereocenters. The van der Waals surface area contributed by atoms with Gasteiger partial charge in [-0.25, -0.2) is 29.7 Å². The number of aromatic nitrogens is 6. The molecular weight excluding hydrogens is 424 g/mol. The highest BCUT2D eigenvalue weighted by Crippen LogP contribution is 2.27. The topological polar surface area (TPSA) is 145 Å². The van der Waals surface area contributed by atoms with Gasteiger partial charge in [0.2, 0.25) is 5.95 Å². The van der Waals surface area contributed by atoms with E-state index in [9.17, 15) is 9.90 Å². The summed E-state index contributed by atoms with van der Waals surface area (Å²) in [6.07, 6.45) is 4.93. The molecule has 1 saturated heterocycles. The molecule has 1 fully saturated rings. The zero-order chi connectivity index (χ0) is 22.9. The van der Waals surface area contributed by atoms with Crippen LogP contribution in [0.1, 0.15) is 21.5 Å². The maximum atomic E-state index is 11.3. The standard InChI is InChI=1S/C22H22N8O3/c1-13-8-14(2-3-16(13)21(31)32)11-30-12-26-17-19(29-4-6-33-7-5-29)27-18(28-20(17)30)15-9-24-22(23)25-10-15/h2-3,8-10,12H,4-7,11H2,1H3,(H,31,32)(H2,23,24,25). The van der Waals surface area contributed by atoms with Crippen molar-refractivity contribution in [2.75, 3.05) is 36.9 Å². The Morgan fingerprint density at radius 1 is 1.15 bits per heavy atom. The van der Waals surface area contributed by atoms with E-state index in [0.717, 1.165) is 11.4 Å². The van der Waals surface area contributed by atoms with E-state index in [2.05, 4.69) is 19.9 Å². The van der Waals surface area contributed by atoms with E-state index in [0.29, 0.717) is 61.0 Å². The van der Waals surface area contributed by atoms with Gasteiger partial charge >= 0.3 is 5.97 Å². The third-order valence-electron chi connectivity index (χ3n) is 5.56. The number of nitrogens with two attached hydrogens (primary N) is 1. The number of aromatic carboxylic acids is 1. The fourth-order valence-corrected chi connectivity index (χ4v) is 3.88. The van der Waals surface area contributed by atoms with Gasteiger partial charge in [0.1, 0.15) is 0 Å². The van der Waals surface area contributed by atoms with Crippen molar-refractivity contribution in [3.05, 3.63) is 53.6 Å². The first-order valence-electron chi connectivity index (χ1n) is 10.5. The minimum Gasteiger partial charge on any atom is -0.478 e. The van der Waals surface area contributed by atoms with E-state index in [1.165, 1.54) is 0 Å². The average molecular weight is 446 g/mol. The molecule has 0 saturated carbocycles. The molecule has 4 heterocycles. The molecule has 0 atom stereocenters. The third kappa shape index (κ3) is 4.05. The molecule has 5 rings (SSSR count). The molecule has 1 aromatic carbocycles. The van der Waals surface area contributed by atoms with E-state index in [1.54, 1.807) is 37.8 Å². The highest BCUT2D eigenvalue weighted by atomic mass is 16.5. The number of carboxylic acid groups (broad SMARTS) is 1. The number of nitrogen functional groups attached to an aromatic ring is 1. The lowest BCUT2D eigenvalue weighted by molar-refractivity contribution is 0.0696. The number of carboxylic acids is 1. The number of ether oxygens (including phenoxy) is 1. The highest BCUT2D eigenvalue weighted by Gasteiger charge is 2.21. The van der Waals surface area contributed by atoms with Gasteiger partial charge in [-0.05, 0) is 24.1 Å². The van der Waals surface area contributed by atoms with Gasteiger partial charge in [0.05, 0.1) is 37.2 Å². The molecule has 11 nitrogen and oxygen atoms in total. The van der Waals surface area contributed by atoms with Crippen LogP contribution < -0.4 is 10.6 Å². The second-order valence-electron chi connectivity index (χ2n) is 7.80. The Balaban J connectivity index is 1.60. The Morgan fingerprint density at radius 2 is 1.91 bits per heavy atom. The average Bonchev–Trinajstić information content (AvgIpc) is 3.22. The highest BCUT2D eigenvalue weighted by molar-refractivity contribution is 5.89. The molecule has 1 aliphatic rings. The van der Waals surface area contributed by atoms with E-state index >= 15 is 0 Å². The number of nitrogens with zero attached hydrogens (tertiary/aromatic N) is 7. The van der Waals surface area contributed by atoms with Crippen LogP contribution in [0.4, 0.5) is 11.8 Å². The fourth-order valence-electron chi connectivity index (χ4n) is 3.88. The molecule has 4 aromatic rings. The lowest BCUT2D eigenvalue weighted by Crippen LogP contribution is -2.37. The summed E-state index contributed by atoms with van der Waals surface area (Å²) in [5.74, 6) is 0.443. The number of rotatable bonds is 5. The molecule has 3 N–H and O–H groups in total. The summed E-state index contributed by atoms with van der Waals surface area (Å²) in [4.78, 5) is 35.8. The lowest BCUT2D eigenvalue weighted by atomic mass is 10.1. The van der Waals surface area contributed by atoms with Crippen LogP contribution in [0.3, 0.4) is 0 Å². The number of anilines is 2. The van der Waals surface area contributed by atoms with Crippen LogP contribution in [0.15, 0.2) is 36.9 Å². The SMILES string of the molecule is Cc1cc(Cn2cnc3c(N4CCOCC4)nc(-c4cnc(N)nc4)nc32)ccc1C(=O)O. The van der Waals surface area contributed by atoms with Gasteiger partial charge in [-0.3, -0.25) is 0 Å². The fraction of sp³-hybridized carbons (Fsp3) is 0.273. The van der Waals surface area contributed by atoms with Gasteiger partial charge in [-0.15, -0.1) is 0 Å². The van der Waals surface area contributed by atoms with E-state index in [1.807, 2.05) is 10.6 Å². The summed E-state index contributed by atoms with van der Waals surface area (Å²) in [5, 5.41) is 9.30. The number of aryl methyl sites for hydroxylation is 1. The van der Waals surface area contributed by atoms with Crippen LogP contribution >= 0.6 is 0 Å². The molecular formula is C22H22N8O3. The van der Waals surface area contributed by atoms with Crippen molar-refractivity contribution in [1.82, 2.24) is 29.5 Å². The largest absolute Gasteiger partial charge is 0.478 e. The van der Waals surface area contributed by atoms with Gasteiger partial charge in [-0.1, -0.05) is 12.1 Å². The second kappa shape index (κ2) is 8.43. The van der Waals surface area contributed by atoms with Crippen molar-refractivity contribution in [2.24, 2.45) is 0 Å². The summed E-state index contributed by atoms with van der Waals surface area (Å²) in [7, 11) is 0. The van der Waals surface area contributed by atoms with Crippen molar-refractivity contribution >= 4 is 28.9 Å². The summed E-state index contributed by atoms with van der Waals surface area (Å²) < 4.78 is 7.43. The van der Waals surface area contributed by atoms with Crippen molar-refractivity contribution in [2.45, 2.75) is 13.5 Å². The Morgan fingerprint density at radius 3 is 2.61 bits per heavy atom. The quantitative estimate of drug-likeness (QED) is 0.465. The van der Waals surface area contributed by atoms with Gasteiger partial charge in [0.25, 0.3) is 0 Å². The minimum absolute atomic E-state index is 0.179. The smallest absolute Gasteiger partial charge is 0.335 e. The predicted octanol–water partition coefficient (Wildman–Crippen LogP) is 1.76.